The molecular weight excluding hydrogens is 389 g/mol. The van der Waals surface area contributed by atoms with Gasteiger partial charge in [-0.15, -0.1) is 24.0 Å². The quantitative estimate of drug-likeness (QED) is 0.478. The van der Waals surface area contributed by atoms with Gasteiger partial charge in [-0.1, -0.05) is 12.1 Å². The Morgan fingerprint density at radius 1 is 1.27 bits per heavy atom. The van der Waals surface area contributed by atoms with Gasteiger partial charge in [0.05, 0.1) is 11.0 Å². The minimum atomic E-state index is 0. The number of nitrogens with zero attached hydrogens (tertiary/aromatic N) is 4. The molecule has 2 aromatic rings. The molecule has 1 aliphatic rings. The number of aryl methyl sites for hydroxylation is 1. The Bertz CT molecular complexity index is 643. The first-order valence-electron chi connectivity index (χ1n) is 7.73. The second-order valence-corrected chi connectivity index (χ2v) is 5.44. The van der Waals surface area contributed by atoms with Crippen LogP contribution < -0.4 is 5.32 Å². The Kier molecular flexibility index (Phi) is 6.05. The summed E-state index contributed by atoms with van der Waals surface area (Å²) in [4.78, 5) is 11.8. The van der Waals surface area contributed by atoms with Crippen molar-refractivity contribution < 1.29 is 0 Å². The molecule has 0 atom stereocenters. The van der Waals surface area contributed by atoms with E-state index in [2.05, 4.69) is 39.8 Å². The van der Waals surface area contributed by atoms with Gasteiger partial charge in [0.15, 0.2) is 5.96 Å². The van der Waals surface area contributed by atoms with Gasteiger partial charge < -0.3 is 14.8 Å². The number of imidazole rings is 1. The summed E-state index contributed by atoms with van der Waals surface area (Å²) >= 11 is 0. The first-order valence-corrected chi connectivity index (χ1v) is 7.73. The smallest absolute Gasteiger partial charge is 0.194 e. The third-order valence-corrected chi connectivity index (χ3v) is 3.99. The van der Waals surface area contributed by atoms with Gasteiger partial charge in [-0.25, -0.2) is 9.98 Å². The van der Waals surface area contributed by atoms with Gasteiger partial charge in [-0.05, 0) is 31.9 Å². The van der Waals surface area contributed by atoms with Crippen LogP contribution in [0.2, 0.25) is 0 Å². The number of likely N-dealkylation sites (tertiary alicyclic amines) is 1. The summed E-state index contributed by atoms with van der Waals surface area (Å²) in [6.45, 7) is 5.84. The molecule has 0 spiro atoms. The van der Waals surface area contributed by atoms with Crippen LogP contribution in [0.5, 0.6) is 0 Å². The van der Waals surface area contributed by atoms with Crippen LogP contribution in [0.25, 0.3) is 11.0 Å². The molecule has 0 amide bonds. The Morgan fingerprint density at radius 3 is 2.68 bits per heavy atom. The lowest BCUT2D eigenvalue weighted by molar-refractivity contribution is 0.493. The van der Waals surface area contributed by atoms with E-state index in [1.54, 1.807) is 0 Å². The number of hydrogen-bond donors (Lipinski definition) is 1. The number of aromatic nitrogens is 2. The lowest BCUT2D eigenvalue weighted by Crippen LogP contribution is -2.39. The van der Waals surface area contributed by atoms with Crippen molar-refractivity contribution in [1.29, 1.82) is 0 Å². The summed E-state index contributed by atoms with van der Waals surface area (Å²) < 4.78 is 2.13. The van der Waals surface area contributed by atoms with E-state index in [0.717, 1.165) is 42.5 Å². The number of aliphatic imine (C=N–C) groups is 1. The molecule has 0 bridgehead atoms. The van der Waals surface area contributed by atoms with Crippen molar-refractivity contribution in [3.8, 4) is 0 Å². The van der Waals surface area contributed by atoms with E-state index in [1.165, 1.54) is 12.8 Å². The Hall–Kier alpha value is -1.31. The zero-order chi connectivity index (χ0) is 14.7. The van der Waals surface area contributed by atoms with E-state index in [-0.39, 0.29) is 24.0 Å². The van der Waals surface area contributed by atoms with E-state index in [4.69, 9.17) is 4.99 Å². The molecule has 5 nitrogen and oxygen atoms in total. The fourth-order valence-corrected chi connectivity index (χ4v) is 2.84. The molecule has 3 rings (SSSR count). The lowest BCUT2D eigenvalue weighted by Gasteiger charge is -2.20. The van der Waals surface area contributed by atoms with Gasteiger partial charge in [0.1, 0.15) is 12.4 Å². The Balaban J connectivity index is 0.00000176. The predicted octanol–water partition coefficient (Wildman–Crippen LogP) is 2.75. The molecule has 1 aromatic heterocycles. The van der Waals surface area contributed by atoms with Crippen LogP contribution in [0.15, 0.2) is 29.3 Å². The molecule has 1 N–H and O–H groups in total. The van der Waals surface area contributed by atoms with Crippen molar-refractivity contribution in [3.63, 3.8) is 0 Å². The number of para-hydroxylation sites is 2. The zero-order valence-electron chi connectivity index (χ0n) is 13.2. The van der Waals surface area contributed by atoms with Crippen LogP contribution in [0.4, 0.5) is 0 Å². The average molecular weight is 413 g/mol. The number of hydrogen-bond acceptors (Lipinski definition) is 2. The van der Waals surface area contributed by atoms with Gasteiger partial charge in [0.2, 0.25) is 0 Å². The van der Waals surface area contributed by atoms with Crippen LogP contribution in [0.1, 0.15) is 25.6 Å². The zero-order valence-corrected chi connectivity index (χ0v) is 15.6. The first kappa shape index (κ1) is 17.1. The Labute approximate surface area is 148 Å². The summed E-state index contributed by atoms with van der Waals surface area (Å²) in [5.41, 5.74) is 2.20. The minimum absolute atomic E-state index is 0. The SMILES string of the molecule is CCNC(=NCc1nc2ccccc2n1C)N1CCCC1.I. The molecular formula is C16H24IN5. The fourth-order valence-electron chi connectivity index (χ4n) is 2.84. The van der Waals surface area contributed by atoms with Crippen LogP contribution in [-0.4, -0.2) is 40.0 Å². The van der Waals surface area contributed by atoms with E-state index in [1.807, 2.05) is 18.2 Å². The molecule has 120 valence electrons. The maximum absolute atomic E-state index is 4.77. The highest BCUT2D eigenvalue weighted by Gasteiger charge is 2.16. The molecule has 6 heteroatoms. The third-order valence-electron chi connectivity index (χ3n) is 3.99. The molecule has 0 unspecified atom stereocenters. The maximum Gasteiger partial charge on any atom is 0.194 e. The number of benzene rings is 1. The molecule has 0 radical (unpaired) electrons. The molecule has 1 fully saturated rings. The molecule has 22 heavy (non-hydrogen) atoms. The van der Waals surface area contributed by atoms with Crippen molar-refractivity contribution in [2.24, 2.45) is 12.0 Å². The minimum Gasteiger partial charge on any atom is -0.357 e. The second kappa shape index (κ2) is 7.80. The van der Waals surface area contributed by atoms with Crippen molar-refractivity contribution in [1.82, 2.24) is 19.8 Å². The maximum atomic E-state index is 4.77. The number of fused-ring (bicyclic) bond motifs is 1. The van der Waals surface area contributed by atoms with Gasteiger partial charge >= 0.3 is 0 Å². The molecule has 0 saturated carbocycles. The van der Waals surface area contributed by atoms with E-state index >= 15 is 0 Å². The number of rotatable bonds is 3. The summed E-state index contributed by atoms with van der Waals surface area (Å²) in [5, 5.41) is 3.39. The number of halogens is 1. The van der Waals surface area contributed by atoms with E-state index in [9.17, 15) is 0 Å². The summed E-state index contributed by atoms with van der Waals surface area (Å²) in [5.74, 6) is 2.02. The molecule has 1 saturated heterocycles. The highest BCUT2D eigenvalue weighted by molar-refractivity contribution is 14.0. The fraction of sp³-hybridized carbons (Fsp3) is 0.500. The molecule has 1 aromatic carbocycles. The summed E-state index contributed by atoms with van der Waals surface area (Å²) in [6, 6.07) is 8.22. The van der Waals surface area contributed by atoms with Crippen molar-refractivity contribution >= 4 is 41.0 Å². The first-order chi connectivity index (χ1) is 10.3. The van der Waals surface area contributed by atoms with E-state index < -0.39 is 0 Å². The van der Waals surface area contributed by atoms with Gasteiger partial charge in [-0.2, -0.15) is 0 Å². The summed E-state index contributed by atoms with van der Waals surface area (Å²) in [6.07, 6.45) is 2.52. The van der Waals surface area contributed by atoms with Gasteiger partial charge in [-0.3, -0.25) is 0 Å². The number of nitrogens with one attached hydrogen (secondary N) is 1. The van der Waals surface area contributed by atoms with Crippen molar-refractivity contribution in [3.05, 3.63) is 30.1 Å². The normalized spacial score (nSPS) is 15.2. The van der Waals surface area contributed by atoms with E-state index in [0.29, 0.717) is 6.54 Å². The topological polar surface area (TPSA) is 45.5 Å². The highest BCUT2D eigenvalue weighted by atomic mass is 127. The monoisotopic (exact) mass is 413 g/mol. The van der Waals surface area contributed by atoms with Crippen LogP contribution in [0.3, 0.4) is 0 Å². The lowest BCUT2D eigenvalue weighted by atomic mass is 10.3. The van der Waals surface area contributed by atoms with Crippen LogP contribution >= 0.6 is 24.0 Å². The third kappa shape index (κ3) is 3.53. The van der Waals surface area contributed by atoms with Crippen molar-refractivity contribution in [2.75, 3.05) is 19.6 Å². The average Bonchev–Trinajstić information content (AvgIpc) is 3.13. The summed E-state index contributed by atoms with van der Waals surface area (Å²) in [7, 11) is 2.06. The number of guanidine groups is 1. The standard InChI is InChI=1S/C16H23N5.HI/c1-3-17-16(21-10-6-7-11-21)18-12-15-19-13-8-4-5-9-14(13)20(15)2;/h4-5,8-9H,3,6-7,10-12H2,1-2H3,(H,17,18);1H. The van der Waals surface area contributed by atoms with Crippen LogP contribution in [0, 0.1) is 0 Å². The van der Waals surface area contributed by atoms with Gasteiger partial charge in [0, 0.05) is 26.7 Å². The Morgan fingerprint density at radius 2 is 2.00 bits per heavy atom. The largest absolute Gasteiger partial charge is 0.357 e. The highest BCUT2D eigenvalue weighted by Crippen LogP contribution is 2.15. The second-order valence-electron chi connectivity index (χ2n) is 5.44. The van der Waals surface area contributed by atoms with Gasteiger partial charge in [0.25, 0.3) is 0 Å². The predicted molar refractivity (Wildman–Crippen MR) is 102 cm³/mol. The molecule has 1 aliphatic heterocycles. The van der Waals surface area contributed by atoms with Crippen molar-refractivity contribution in [2.45, 2.75) is 26.3 Å². The van der Waals surface area contributed by atoms with Crippen LogP contribution in [-0.2, 0) is 13.6 Å². The molecule has 2 heterocycles. The molecule has 0 aliphatic carbocycles.